The van der Waals surface area contributed by atoms with Crippen LogP contribution in [0.5, 0.6) is 0 Å². The third-order valence-corrected chi connectivity index (χ3v) is 4.24. The van der Waals surface area contributed by atoms with E-state index in [1.165, 1.54) is 6.07 Å². The van der Waals surface area contributed by atoms with Crippen LogP contribution in [0.1, 0.15) is 37.8 Å². The van der Waals surface area contributed by atoms with E-state index in [-0.39, 0.29) is 24.0 Å². The van der Waals surface area contributed by atoms with Crippen LogP contribution >= 0.6 is 0 Å². The second-order valence-electron chi connectivity index (χ2n) is 5.53. The van der Waals surface area contributed by atoms with Crippen molar-refractivity contribution in [2.45, 2.75) is 44.4 Å². The van der Waals surface area contributed by atoms with Crippen LogP contribution in [-0.4, -0.2) is 37.2 Å². The minimum absolute atomic E-state index is 0.0671. The first-order chi connectivity index (χ1) is 9.67. The van der Waals surface area contributed by atoms with Crippen LogP contribution < -0.4 is 5.73 Å². The molecule has 0 saturated carbocycles. The molecule has 0 bridgehead atoms. The van der Waals surface area contributed by atoms with E-state index < -0.39 is 0 Å². The zero-order valence-electron chi connectivity index (χ0n) is 12.4. The third-order valence-electron chi connectivity index (χ3n) is 4.24. The predicted octanol–water partition coefficient (Wildman–Crippen LogP) is 2.71. The number of methoxy groups -OCH3 is 1. The Morgan fingerprint density at radius 2 is 2.20 bits per heavy atom. The third kappa shape index (κ3) is 3.37. The van der Waals surface area contributed by atoms with Crippen molar-refractivity contribution in [3.05, 3.63) is 35.6 Å². The first-order valence-corrected chi connectivity index (χ1v) is 7.44. The molecule has 3 nitrogen and oxygen atoms in total. The Bertz CT molecular complexity index is 427. The summed E-state index contributed by atoms with van der Waals surface area (Å²) in [5.41, 5.74) is 6.99. The summed E-state index contributed by atoms with van der Waals surface area (Å²) in [5.74, 6) is -0.166. The highest BCUT2D eigenvalue weighted by Gasteiger charge is 2.31. The van der Waals surface area contributed by atoms with Gasteiger partial charge < -0.3 is 10.5 Å². The first-order valence-electron chi connectivity index (χ1n) is 7.44. The van der Waals surface area contributed by atoms with Gasteiger partial charge in [-0.2, -0.15) is 0 Å². The number of halogens is 1. The molecule has 1 aromatic rings. The Balaban J connectivity index is 2.26. The topological polar surface area (TPSA) is 38.5 Å². The standard InChI is InChI=1S/C16H25FN2O/c1-3-15(18)16(13-8-4-5-9-14(13)17)19-10-6-7-12(11-19)20-2/h4-5,8-9,12,15-16H,3,6-7,10-11,18H2,1-2H3. The van der Waals surface area contributed by atoms with Crippen LogP contribution in [0, 0.1) is 5.82 Å². The van der Waals surface area contributed by atoms with Crippen LogP contribution in [0.15, 0.2) is 24.3 Å². The largest absolute Gasteiger partial charge is 0.380 e. The number of nitrogens with zero attached hydrogens (tertiary/aromatic N) is 1. The highest BCUT2D eigenvalue weighted by Crippen LogP contribution is 2.30. The highest BCUT2D eigenvalue weighted by molar-refractivity contribution is 5.23. The molecule has 2 N–H and O–H groups in total. The van der Waals surface area contributed by atoms with Crippen molar-refractivity contribution < 1.29 is 9.13 Å². The van der Waals surface area contributed by atoms with Gasteiger partial charge in [-0.15, -0.1) is 0 Å². The average Bonchev–Trinajstić information content (AvgIpc) is 2.49. The van der Waals surface area contributed by atoms with Gasteiger partial charge in [0.05, 0.1) is 12.1 Å². The second kappa shape index (κ2) is 7.16. The maximum absolute atomic E-state index is 14.2. The zero-order valence-corrected chi connectivity index (χ0v) is 12.4. The van der Waals surface area contributed by atoms with Gasteiger partial charge in [-0.05, 0) is 31.9 Å². The number of hydrogen-bond donors (Lipinski definition) is 1. The van der Waals surface area contributed by atoms with Crippen LogP contribution in [-0.2, 0) is 4.74 Å². The SMILES string of the molecule is CCC(N)C(c1ccccc1F)N1CCCC(OC)C1. The van der Waals surface area contributed by atoms with Gasteiger partial charge in [0.2, 0.25) is 0 Å². The Morgan fingerprint density at radius 3 is 2.85 bits per heavy atom. The minimum Gasteiger partial charge on any atom is -0.380 e. The highest BCUT2D eigenvalue weighted by atomic mass is 19.1. The van der Waals surface area contributed by atoms with E-state index in [1.54, 1.807) is 13.2 Å². The van der Waals surface area contributed by atoms with Crippen molar-refractivity contribution in [1.29, 1.82) is 0 Å². The van der Waals surface area contributed by atoms with Gasteiger partial charge in [-0.3, -0.25) is 4.90 Å². The maximum atomic E-state index is 14.2. The molecule has 1 aliphatic heterocycles. The summed E-state index contributed by atoms with van der Waals surface area (Å²) in [6.45, 7) is 3.83. The van der Waals surface area contributed by atoms with Crippen molar-refractivity contribution in [3.63, 3.8) is 0 Å². The lowest BCUT2D eigenvalue weighted by Gasteiger charge is -2.40. The van der Waals surface area contributed by atoms with Crippen molar-refractivity contribution >= 4 is 0 Å². The predicted molar refractivity (Wildman–Crippen MR) is 79.0 cm³/mol. The summed E-state index contributed by atoms with van der Waals surface area (Å²) in [7, 11) is 1.74. The van der Waals surface area contributed by atoms with E-state index >= 15 is 0 Å². The lowest BCUT2D eigenvalue weighted by Crippen LogP contribution is -2.47. The monoisotopic (exact) mass is 280 g/mol. The Labute approximate surface area is 120 Å². The number of likely N-dealkylation sites (tertiary alicyclic amines) is 1. The van der Waals surface area contributed by atoms with Crippen LogP contribution in [0.2, 0.25) is 0 Å². The molecule has 1 aliphatic rings. The molecule has 0 spiro atoms. The molecule has 3 unspecified atom stereocenters. The fourth-order valence-corrected chi connectivity index (χ4v) is 3.05. The Hall–Kier alpha value is -0.970. The van der Waals surface area contributed by atoms with Crippen molar-refractivity contribution in [1.82, 2.24) is 4.90 Å². The fourth-order valence-electron chi connectivity index (χ4n) is 3.05. The smallest absolute Gasteiger partial charge is 0.128 e. The van der Waals surface area contributed by atoms with Gasteiger partial charge in [0, 0.05) is 25.3 Å². The summed E-state index contributed by atoms with van der Waals surface area (Å²) >= 11 is 0. The zero-order chi connectivity index (χ0) is 14.5. The molecule has 1 heterocycles. The number of nitrogens with two attached hydrogens (primary N) is 1. The number of rotatable bonds is 5. The van der Waals surface area contributed by atoms with Crippen LogP contribution in [0.25, 0.3) is 0 Å². The Kier molecular flexibility index (Phi) is 5.52. The average molecular weight is 280 g/mol. The van der Waals surface area contributed by atoms with Gasteiger partial charge in [0.25, 0.3) is 0 Å². The number of piperidine rings is 1. The molecule has 4 heteroatoms. The number of ether oxygens (including phenoxy) is 1. The molecule has 1 aromatic carbocycles. The van der Waals surface area contributed by atoms with Gasteiger partial charge in [-0.1, -0.05) is 25.1 Å². The molecule has 2 rings (SSSR count). The van der Waals surface area contributed by atoms with E-state index in [2.05, 4.69) is 11.8 Å². The van der Waals surface area contributed by atoms with Crippen molar-refractivity contribution in [2.24, 2.45) is 5.73 Å². The van der Waals surface area contributed by atoms with Crippen LogP contribution in [0.3, 0.4) is 0 Å². The molecular weight excluding hydrogens is 255 g/mol. The van der Waals surface area contributed by atoms with E-state index in [4.69, 9.17) is 10.5 Å². The maximum Gasteiger partial charge on any atom is 0.128 e. The van der Waals surface area contributed by atoms with Gasteiger partial charge in [-0.25, -0.2) is 4.39 Å². The van der Waals surface area contributed by atoms with Crippen molar-refractivity contribution in [3.8, 4) is 0 Å². The molecule has 20 heavy (non-hydrogen) atoms. The quantitative estimate of drug-likeness (QED) is 0.901. The summed E-state index contributed by atoms with van der Waals surface area (Å²) in [4.78, 5) is 2.28. The first kappa shape index (κ1) is 15.4. The summed E-state index contributed by atoms with van der Waals surface area (Å²) in [6, 6.07) is 6.84. The summed E-state index contributed by atoms with van der Waals surface area (Å²) < 4.78 is 19.6. The summed E-state index contributed by atoms with van der Waals surface area (Å²) in [5, 5.41) is 0. The van der Waals surface area contributed by atoms with Crippen molar-refractivity contribution in [2.75, 3.05) is 20.2 Å². The molecule has 0 radical (unpaired) electrons. The number of hydrogen-bond acceptors (Lipinski definition) is 3. The van der Waals surface area contributed by atoms with E-state index in [0.717, 1.165) is 32.4 Å². The van der Waals surface area contributed by atoms with E-state index in [0.29, 0.717) is 5.56 Å². The normalized spacial score (nSPS) is 23.5. The Morgan fingerprint density at radius 1 is 1.45 bits per heavy atom. The van der Waals surface area contributed by atoms with Gasteiger partial charge in [0.1, 0.15) is 5.82 Å². The molecule has 3 atom stereocenters. The summed E-state index contributed by atoms with van der Waals surface area (Å²) in [6.07, 6.45) is 3.19. The molecule has 0 amide bonds. The number of benzene rings is 1. The molecule has 112 valence electrons. The molecule has 0 aromatic heterocycles. The second-order valence-corrected chi connectivity index (χ2v) is 5.53. The molecule has 1 saturated heterocycles. The fraction of sp³-hybridized carbons (Fsp3) is 0.625. The lowest BCUT2D eigenvalue weighted by atomic mass is 9.93. The van der Waals surface area contributed by atoms with Gasteiger partial charge in [0.15, 0.2) is 0 Å². The van der Waals surface area contributed by atoms with E-state index in [9.17, 15) is 4.39 Å². The minimum atomic E-state index is -0.166. The van der Waals surface area contributed by atoms with E-state index in [1.807, 2.05) is 12.1 Å². The molecule has 1 fully saturated rings. The molecular formula is C16H25FN2O. The lowest BCUT2D eigenvalue weighted by molar-refractivity contribution is 0.00833. The van der Waals surface area contributed by atoms with Gasteiger partial charge >= 0.3 is 0 Å². The molecule has 0 aliphatic carbocycles. The van der Waals surface area contributed by atoms with Crippen LogP contribution in [0.4, 0.5) is 4.39 Å².